The van der Waals surface area contributed by atoms with Crippen LogP contribution in [-0.2, 0) is 16.1 Å². The Morgan fingerprint density at radius 2 is 2.15 bits per heavy atom. The first-order valence-corrected chi connectivity index (χ1v) is 8.87. The maximum absolute atomic E-state index is 12.7. The number of aromatic nitrogens is 1. The van der Waals surface area contributed by atoms with Gasteiger partial charge in [-0.05, 0) is 29.2 Å². The molecule has 1 aromatic carbocycles. The third kappa shape index (κ3) is 3.69. The molecule has 2 aliphatic heterocycles. The fourth-order valence-electron chi connectivity index (χ4n) is 3.57. The molecule has 0 aliphatic carbocycles. The second-order valence-corrected chi connectivity index (χ2v) is 6.68. The van der Waals surface area contributed by atoms with E-state index in [2.05, 4.69) is 11.1 Å². The van der Waals surface area contributed by atoms with Crippen LogP contribution in [-0.4, -0.2) is 41.3 Å². The van der Waals surface area contributed by atoms with Gasteiger partial charge in [0.25, 0.3) is 0 Å². The van der Waals surface area contributed by atoms with Crippen LogP contribution in [0.25, 0.3) is 5.57 Å². The van der Waals surface area contributed by atoms with Crippen LogP contribution in [0.1, 0.15) is 23.1 Å². The summed E-state index contributed by atoms with van der Waals surface area (Å²) in [6.07, 6.45) is 5.65. The van der Waals surface area contributed by atoms with Crippen molar-refractivity contribution in [1.82, 2.24) is 9.88 Å². The number of ether oxygens (including phenoxy) is 2. The molecule has 0 radical (unpaired) electrons. The summed E-state index contributed by atoms with van der Waals surface area (Å²) in [5.41, 5.74) is 3.49. The number of benzene rings is 1. The molecule has 2 unspecified atom stereocenters. The van der Waals surface area contributed by atoms with E-state index in [0.717, 1.165) is 16.7 Å². The molecule has 0 spiro atoms. The Labute approximate surface area is 157 Å². The van der Waals surface area contributed by atoms with Crippen molar-refractivity contribution >= 4 is 11.7 Å². The minimum absolute atomic E-state index is 0.0854. The fraction of sp³-hybridized carbons (Fsp3) is 0.286. The van der Waals surface area contributed by atoms with Gasteiger partial charge in [-0.2, -0.15) is 5.26 Å². The van der Waals surface area contributed by atoms with Gasteiger partial charge in [-0.1, -0.05) is 36.4 Å². The summed E-state index contributed by atoms with van der Waals surface area (Å²) < 4.78 is 11.2. The van der Waals surface area contributed by atoms with Gasteiger partial charge in [0, 0.05) is 12.4 Å². The molecule has 2 aromatic rings. The topological polar surface area (TPSA) is 75.5 Å². The average molecular weight is 361 g/mol. The zero-order valence-corrected chi connectivity index (χ0v) is 14.7. The van der Waals surface area contributed by atoms with E-state index in [-0.39, 0.29) is 24.8 Å². The normalized spacial score (nSPS) is 21.1. The highest BCUT2D eigenvalue weighted by atomic mass is 16.6. The van der Waals surface area contributed by atoms with Gasteiger partial charge in [0.1, 0.15) is 12.7 Å². The highest BCUT2D eigenvalue weighted by Crippen LogP contribution is 2.33. The minimum Gasteiger partial charge on any atom is -0.445 e. The number of hydrogen-bond donors (Lipinski definition) is 0. The number of carbonyl (C=O) groups is 1. The highest BCUT2D eigenvalue weighted by molar-refractivity contribution is 5.74. The van der Waals surface area contributed by atoms with Crippen LogP contribution >= 0.6 is 0 Å². The number of hydrogen-bond acceptors (Lipinski definition) is 5. The van der Waals surface area contributed by atoms with Crippen molar-refractivity contribution in [3.8, 4) is 6.07 Å². The van der Waals surface area contributed by atoms with Crippen LogP contribution in [0, 0.1) is 11.3 Å². The Kier molecular flexibility index (Phi) is 4.86. The van der Waals surface area contributed by atoms with Gasteiger partial charge in [-0.15, -0.1) is 0 Å². The van der Waals surface area contributed by atoms with Crippen LogP contribution in [0.4, 0.5) is 4.79 Å². The molecule has 4 rings (SSSR count). The van der Waals surface area contributed by atoms with Gasteiger partial charge in [-0.3, -0.25) is 9.88 Å². The number of nitriles is 1. The molecular formula is C21H19N3O3. The number of pyridine rings is 1. The lowest BCUT2D eigenvalue weighted by molar-refractivity contribution is -0.0342. The molecule has 1 saturated heterocycles. The molecule has 2 atom stereocenters. The zero-order chi connectivity index (χ0) is 18.6. The third-order valence-electron chi connectivity index (χ3n) is 4.85. The van der Waals surface area contributed by atoms with E-state index >= 15 is 0 Å². The molecule has 1 aromatic heterocycles. The van der Waals surface area contributed by atoms with Crippen LogP contribution in [0.2, 0.25) is 0 Å². The standard InChI is InChI=1S/C21H19N3O3/c22-9-16-6-18(11-23-10-16)17-7-19-13-26-14-20(8-17)24(19)21(25)27-12-15-4-2-1-3-5-15/h1-7,10-11,19-20H,8,12-14H2. The number of fused-ring (bicyclic) bond motifs is 2. The lowest BCUT2D eigenvalue weighted by atomic mass is 9.90. The first-order valence-electron chi connectivity index (χ1n) is 8.87. The maximum atomic E-state index is 12.7. The predicted octanol–water partition coefficient (Wildman–Crippen LogP) is 3.15. The van der Waals surface area contributed by atoms with Crippen LogP contribution in [0.3, 0.4) is 0 Å². The van der Waals surface area contributed by atoms with E-state index in [0.29, 0.717) is 25.2 Å². The van der Waals surface area contributed by atoms with Gasteiger partial charge in [0.05, 0.1) is 30.9 Å². The predicted molar refractivity (Wildman–Crippen MR) is 98.4 cm³/mol. The van der Waals surface area contributed by atoms with E-state index in [9.17, 15) is 4.79 Å². The summed E-state index contributed by atoms with van der Waals surface area (Å²) in [5, 5.41) is 9.09. The van der Waals surface area contributed by atoms with Crippen LogP contribution in [0.5, 0.6) is 0 Å². The van der Waals surface area contributed by atoms with Crippen molar-refractivity contribution in [2.45, 2.75) is 25.1 Å². The summed E-state index contributed by atoms with van der Waals surface area (Å²) in [7, 11) is 0. The van der Waals surface area contributed by atoms with E-state index in [1.54, 1.807) is 17.3 Å². The third-order valence-corrected chi connectivity index (χ3v) is 4.85. The molecule has 6 nitrogen and oxygen atoms in total. The monoisotopic (exact) mass is 361 g/mol. The first-order chi connectivity index (χ1) is 13.2. The maximum Gasteiger partial charge on any atom is 0.411 e. The molecule has 0 N–H and O–H groups in total. The highest BCUT2D eigenvalue weighted by Gasteiger charge is 2.39. The molecule has 136 valence electrons. The van der Waals surface area contributed by atoms with Crippen molar-refractivity contribution in [1.29, 1.82) is 5.26 Å². The van der Waals surface area contributed by atoms with Crippen molar-refractivity contribution in [3.05, 3.63) is 71.6 Å². The van der Waals surface area contributed by atoms with Gasteiger partial charge in [0.15, 0.2) is 0 Å². The fourth-order valence-corrected chi connectivity index (χ4v) is 3.57. The van der Waals surface area contributed by atoms with Crippen molar-refractivity contribution in [2.24, 2.45) is 0 Å². The molecule has 6 heteroatoms. The smallest absolute Gasteiger partial charge is 0.411 e. The first kappa shape index (κ1) is 17.3. The zero-order valence-electron chi connectivity index (χ0n) is 14.7. The molecular weight excluding hydrogens is 342 g/mol. The lowest BCUT2D eigenvalue weighted by Crippen LogP contribution is -2.56. The van der Waals surface area contributed by atoms with E-state index < -0.39 is 0 Å². The second-order valence-electron chi connectivity index (χ2n) is 6.68. The second kappa shape index (κ2) is 7.60. The number of carbonyl (C=O) groups excluding carboxylic acids is 1. The Morgan fingerprint density at radius 1 is 1.30 bits per heavy atom. The number of morpholine rings is 1. The summed E-state index contributed by atoms with van der Waals surface area (Å²) in [6, 6.07) is 13.3. The Morgan fingerprint density at radius 3 is 2.93 bits per heavy atom. The molecule has 2 bridgehead atoms. The number of rotatable bonds is 3. The summed E-state index contributed by atoms with van der Waals surface area (Å²) in [5.74, 6) is 0. The summed E-state index contributed by atoms with van der Waals surface area (Å²) in [6.45, 7) is 1.16. The molecule has 1 amide bonds. The number of nitrogens with zero attached hydrogens (tertiary/aromatic N) is 3. The van der Waals surface area contributed by atoms with Gasteiger partial charge in [-0.25, -0.2) is 4.79 Å². The van der Waals surface area contributed by atoms with Gasteiger partial charge < -0.3 is 9.47 Å². The van der Waals surface area contributed by atoms with Crippen LogP contribution in [0.15, 0.2) is 54.9 Å². The molecule has 3 heterocycles. The minimum atomic E-state index is -0.323. The quantitative estimate of drug-likeness (QED) is 0.839. The summed E-state index contributed by atoms with van der Waals surface area (Å²) in [4.78, 5) is 18.6. The Bertz CT molecular complexity index is 904. The van der Waals surface area contributed by atoms with E-state index in [4.69, 9.17) is 14.7 Å². The average Bonchev–Trinajstić information content (AvgIpc) is 2.72. The van der Waals surface area contributed by atoms with E-state index in [1.165, 1.54) is 0 Å². The van der Waals surface area contributed by atoms with Crippen LogP contribution < -0.4 is 0 Å². The van der Waals surface area contributed by atoms with Gasteiger partial charge >= 0.3 is 6.09 Å². The Balaban J connectivity index is 1.51. The van der Waals surface area contributed by atoms with E-state index in [1.807, 2.05) is 42.5 Å². The SMILES string of the molecule is N#Cc1cncc(C2=CC3COCC(C2)N3C(=O)OCc2ccccc2)c1. The largest absolute Gasteiger partial charge is 0.445 e. The van der Waals surface area contributed by atoms with Gasteiger partial charge in [0.2, 0.25) is 0 Å². The number of amides is 1. The van der Waals surface area contributed by atoms with Crippen molar-refractivity contribution < 1.29 is 14.3 Å². The summed E-state index contributed by atoms with van der Waals surface area (Å²) >= 11 is 0. The van der Waals surface area contributed by atoms with Crippen molar-refractivity contribution in [2.75, 3.05) is 13.2 Å². The lowest BCUT2D eigenvalue weighted by Gasteiger charge is -2.43. The molecule has 2 aliphatic rings. The molecule has 27 heavy (non-hydrogen) atoms. The van der Waals surface area contributed by atoms with Crippen molar-refractivity contribution in [3.63, 3.8) is 0 Å². The Hall–Kier alpha value is -3.17. The molecule has 0 saturated carbocycles. The molecule has 1 fully saturated rings.